The average Bonchev–Trinajstić information content (AvgIpc) is 2.92. The van der Waals surface area contributed by atoms with Crippen LogP contribution in [-0.4, -0.2) is 24.3 Å². The highest BCUT2D eigenvalue weighted by atomic mass is 31.2. The molecule has 0 aliphatic rings. The van der Waals surface area contributed by atoms with E-state index in [1.807, 2.05) is 65.8 Å². The van der Waals surface area contributed by atoms with Crippen molar-refractivity contribution in [3.05, 3.63) is 87.0 Å². The fraction of sp³-hybridized carbons (Fsp3) is 0.444. The molecule has 3 aromatic rings. The van der Waals surface area contributed by atoms with Crippen molar-refractivity contribution in [2.45, 2.75) is 93.9 Å². The molecule has 0 radical (unpaired) electrons. The molecule has 0 saturated heterocycles. The summed E-state index contributed by atoms with van der Waals surface area (Å²) in [5, 5.41) is 0.133. The van der Waals surface area contributed by atoms with Crippen LogP contribution >= 0.6 is 7.14 Å². The molecule has 0 bridgehead atoms. The lowest BCUT2D eigenvalue weighted by atomic mass is 10.0. The third-order valence-electron chi connectivity index (χ3n) is 7.65. The summed E-state index contributed by atoms with van der Waals surface area (Å²) in [5.74, 6) is 0.839. The van der Waals surface area contributed by atoms with Crippen LogP contribution in [0, 0.1) is 41.5 Å². The van der Waals surface area contributed by atoms with E-state index >= 15 is 4.57 Å². The summed E-state index contributed by atoms with van der Waals surface area (Å²) in [5.41, 5.74) is 4.14. The lowest BCUT2D eigenvalue weighted by Gasteiger charge is -2.23. The molecule has 0 amide bonds. The van der Waals surface area contributed by atoms with Gasteiger partial charge >= 0.3 is 0 Å². The second kappa shape index (κ2) is 14.8. The van der Waals surface area contributed by atoms with Crippen LogP contribution in [0.5, 0.6) is 11.5 Å². The molecule has 0 aliphatic carbocycles. The molecule has 0 atom stereocenters. The minimum atomic E-state index is -4.44. The summed E-state index contributed by atoms with van der Waals surface area (Å²) in [6.45, 7) is 16.4. The predicted molar refractivity (Wildman–Crippen MR) is 174 cm³/mol. The molecule has 0 saturated carbocycles. The standard InChI is InChI=1S/C36H47O5P/c1-9-11-13-17-40-30-15-16-32(31(23-30)41-18-14-12-10-2)42(39,35(37)33-26(5)19-24(3)20-27(33)6)36(38)34-28(7)21-25(4)22-29(34)8/h15-16,19-23H,9-14,17-18H2,1-8H3. The second-order valence-corrected chi connectivity index (χ2v) is 14.0. The van der Waals surface area contributed by atoms with Crippen LogP contribution in [0.2, 0.25) is 0 Å². The Hall–Kier alpha value is -3.17. The van der Waals surface area contributed by atoms with Crippen LogP contribution in [0.3, 0.4) is 0 Å². The maximum Gasteiger partial charge on any atom is 0.252 e. The molecule has 0 heterocycles. The molecule has 42 heavy (non-hydrogen) atoms. The number of benzene rings is 3. The normalized spacial score (nSPS) is 11.4. The van der Waals surface area contributed by atoms with Crippen LogP contribution < -0.4 is 14.8 Å². The van der Waals surface area contributed by atoms with Crippen LogP contribution in [0.25, 0.3) is 0 Å². The number of aryl methyl sites for hydroxylation is 6. The minimum absolute atomic E-state index is 0.133. The fourth-order valence-electron chi connectivity index (χ4n) is 5.70. The first-order chi connectivity index (χ1) is 19.9. The van der Waals surface area contributed by atoms with Crippen molar-refractivity contribution in [3.8, 4) is 11.5 Å². The van der Waals surface area contributed by atoms with Crippen molar-refractivity contribution in [2.24, 2.45) is 0 Å². The van der Waals surface area contributed by atoms with Crippen molar-refractivity contribution >= 4 is 23.5 Å². The lowest BCUT2D eigenvalue weighted by Crippen LogP contribution is -2.25. The Bertz CT molecular complexity index is 1370. The first-order valence-electron chi connectivity index (χ1n) is 15.2. The first-order valence-corrected chi connectivity index (χ1v) is 16.9. The predicted octanol–water partition coefficient (Wildman–Crippen LogP) is 9.34. The van der Waals surface area contributed by atoms with E-state index in [0.717, 1.165) is 49.7 Å². The van der Waals surface area contributed by atoms with Gasteiger partial charge in [-0.2, -0.15) is 0 Å². The molecule has 6 heteroatoms. The number of carbonyl (C=O) groups excluding carboxylic acids is 2. The first kappa shape index (κ1) is 33.3. The number of hydrogen-bond acceptors (Lipinski definition) is 5. The number of ether oxygens (including phenoxy) is 2. The number of hydrogen-bond donors (Lipinski definition) is 0. The van der Waals surface area contributed by atoms with E-state index in [-0.39, 0.29) is 11.1 Å². The van der Waals surface area contributed by atoms with Gasteiger partial charge in [-0.05, 0) is 88.8 Å². The average molecular weight is 591 g/mol. The van der Waals surface area contributed by atoms with E-state index in [0.29, 0.717) is 52.3 Å². The van der Waals surface area contributed by atoms with E-state index in [1.54, 1.807) is 18.2 Å². The number of carbonyl (C=O) groups is 2. The summed E-state index contributed by atoms with van der Waals surface area (Å²) in [6, 6.07) is 12.6. The Balaban J connectivity index is 2.27. The highest BCUT2D eigenvalue weighted by Gasteiger charge is 2.46. The van der Waals surface area contributed by atoms with Crippen LogP contribution in [0.1, 0.15) is 106 Å². The van der Waals surface area contributed by atoms with Gasteiger partial charge in [0.2, 0.25) is 11.0 Å². The summed E-state index contributed by atoms with van der Waals surface area (Å²) in [7, 11) is -4.44. The zero-order chi connectivity index (χ0) is 31.0. The fourth-order valence-corrected chi connectivity index (χ4v) is 8.38. The molecule has 0 aromatic heterocycles. The number of rotatable bonds is 15. The van der Waals surface area contributed by atoms with Crippen molar-refractivity contribution in [1.82, 2.24) is 0 Å². The van der Waals surface area contributed by atoms with Crippen molar-refractivity contribution < 1.29 is 23.6 Å². The van der Waals surface area contributed by atoms with Gasteiger partial charge in [-0.1, -0.05) is 74.9 Å². The van der Waals surface area contributed by atoms with Gasteiger partial charge < -0.3 is 14.0 Å². The summed E-state index contributed by atoms with van der Waals surface area (Å²) < 4.78 is 27.7. The van der Waals surface area contributed by atoms with E-state index < -0.39 is 18.2 Å². The quantitative estimate of drug-likeness (QED) is 0.130. The maximum absolute atomic E-state index is 15.5. The summed E-state index contributed by atoms with van der Waals surface area (Å²) in [6.07, 6.45) is 5.85. The Kier molecular flexibility index (Phi) is 11.8. The van der Waals surface area contributed by atoms with Gasteiger partial charge in [-0.25, -0.2) is 0 Å². The third-order valence-corrected chi connectivity index (χ3v) is 10.3. The maximum atomic E-state index is 15.5. The highest BCUT2D eigenvalue weighted by molar-refractivity contribution is 8.01. The SMILES string of the molecule is CCCCCOc1ccc(P(=O)(C(=O)c2c(C)cc(C)cc2C)C(=O)c2c(C)cc(C)cc2C)c(OCCCCC)c1. The summed E-state index contributed by atoms with van der Waals surface area (Å²) >= 11 is 0. The second-order valence-electron chi connectivity index (χ2n) is 11.5. The molecule has 3 rings (SSSR count). The zero-order valence-electron chi connectivity index (χ0n) is 26.7. The molecule has 0 N–H and O–H groups in total. The smallest absolute Gasteiger partial charge is 0.252 e. The Morgan fingerprint density at radius 3 is 1.48 bits per heavy atom. The van der Waals surface area contributed by atoms with Crippen molar-refractivity contribution in [3.63, 3.8) is 0 Å². The number of unbranched alkanes of at least 4 members (excludes halogenated alkanes) is 4. The monoisotopic (exact) mass is 590 g/mol. The topological polar surface area (TPSA) is 69.7 Å². The molecule has 0 aliphatic heterocycles. The molecule has 5 nitrogen and oxygen atoms in total. The molecule has 0 unspecified atom stereocenters. The van der Waals surface area contributed by atoms with Crippen LogP contribution in [0.15, 0.2) is 42.5 Å². The molecule has 3 aromatic carbocycles. The van der Waals surface area contributed by atoms with Gasteiger partial charge in [0, 0.05) is 17.2 Å². The van der Waals surface area contributed by atoms with E-state index in [4.69, 9.17) is 9.47 Å². The van der Waals surface area contributed by atoms with Gasteiger partial charge in [-0.15, -0.1) is 0 Å². The molecule has 0 spiro atoms. The third kappa shape index (κ3) is 7.42. The summed E-state index contributed by atoms with van der Waals surface area (Å²) in [4.78, 5) is 29.2. The Morgan fingerprint density at radius 2 is 1.05 bits per heavy atom. The van der Waals surface area contributed by atoms with E-state index in [9.17, 15) is 9.59 Å². The van der Waals surface area contributed by atoms with Gasteiger partial charge in [0.1, 0.15) is 11.5 Å². The Labute approximate surface area is 252 Å². The minimum Gasteiger partial charge on any atom is -0.493 e. The van der Waals surface area contributed by atoms with Crippen molar-refractivity contribution in [1.29, 1.82) is 0 Å². The van der Waals surface area contributed by atoms with E-state index in [1.165, 1.54) is 0 Å². The highest BCUT2D eigenvalue weighted by Crippen LogP contribution is 2.55. The lowest BCUT2D eigenvalue weighted by molar-refractivity contribution is 0.103. The van der Waals surface area contributed by atoms with E-state index in [2.05, 4.69) is 13.8 Å². The van der Waals surface area contributed by atoms with Crippen LogP contribution in [-0.2, 0) is 4.57 Å². The van der Waals surface area contributed by atoms with Gasteiger partial charge in [0.25, 0.3) is 7.14 Å². The van der Waals surface area contributed by atoms with Gasteiger partial charge in [-0.3, -0.25) is 9.59 Å². The van der Waals surface area contributed by atoms with Gasteiger partial charge in [0.05, 0.1) is 18.5 Å². The van der Waals surface area contributed by atoms with Crippen molar-refractivity contribution in [2.75, 3.05) is 13.2 Å². The van der Waals surface area contributed by atoms with Crippen LogP contribution in [0.4, 0.5) is 0 Å². The van der Waals surface area contributed by atoms with Gasteiger partial charge in [0.15, 0.2) is 0 Å². The molecule has 0 fully saturated rings. The zero-order valence-corrected chi connectivity index (χ0v) is 27.6. The largest absolute Gasteiger partial charge is 0.493 e. The molecular weight excluding hydrogens is 543 g/mol. The molecule has 226 valence electrons. The Morgan fingerprint density at radius 1 is 0.619 bits per heavy atom. The molecular formula is C36H47O5P.